The first kappa shape index (κ1) is 15.0. The first-order valence-electron chi connectivity index (χ1n) is 6.77. The fourth-order valence-corrected chi connectivity index (χ4v) is 2.32. The topological polar surface area (TPSA) is 83.6 Å². The average Bonchev–Trinajstić information content (AvgIpc) is 2.61. The quantitative estimate of drug-likeness (QED) is 0.792. The molecule has 0 spiro atoms. The van der Waals surface area contributed by atoms with E-state index in [1.165, 1.54) is 4.90 Å². The number of hydrogen-bond donors (Lipinski definition) is 2. The van der Waals surface area contributed by atoms with E-state index in [0.717, 1.165) is 25.7 Å². The molecule has 1 aliphatic rings. The molecule has 104 valence electrons. The molecule has 1 aliphatic heterocycles. The van der Waals surface area contributed by atoms with Crippen LogP contribution in [0.5, 0.6) is 0 Å². The molecule has 1 rings (SSSR count). The fourth-order valence-electron chi connectivity index (χ4n) is 2.32. The number of nitrogens with two attached hydrogens (primary N) is 1. The van der Waals surface area contributed by atoms with Crippen molar-refractivity contribution in [2.24, 2.45) is 11.7 Å². The van der Waals surface area contributed by atoms with Crippen molar-refractivity contribution in [2.75, 3.05) is 6.54 Å². The summed E-state index contributed by atoms with van der Waals surface area (Å²) in [4.78, 5) is 25.0. The summed E-state index contributed by atoms with van der Waals surface area (Å²) >= 11 is 0. The van der Waals surface area contributed by atoms with Crippen LogP contribution in [0.2, 0.25) is 0 Å². The Balaban J connectivity index is 2.81. The van der Waals surface area contributed by atoms with E-state index >= 15 is 0 Å². The highest BCUT2D eigenvalue weighted by molar-refractivity contribution is 5.87. The lowest BCUT2D eigenvalue weighted by atomic mass is 9.98. The van der Waals surface area contributed by atoms with E-state index in [-0.39, 0.29) is 11.8 Å². The first-order chi connectivity index (χ1) is 8.49. The third kappa shape index (κ3) is 3.45. The number of nitrogens with zero attached hydrogens (tertiary/aromatic N) is 1. The second-order valence-corrected chi connectivity index (χ2v) is 5.15. The van der Waals surface area contributed by atoms with Crippen molar-refractivity contribution in [2.45, 2.75) is 58.0 Å². The smallest absolute Gasteiger partial charge is 0.326 e. The van der Waals surface area contributed by atoms with Crippen LogP contribution < -0.4 is 5.73 Å². The van der Waals surface area contributed by atoms with E-state index in [4.69, 9.17) is 5.73 Å². The van der Waals surface area contributed by atoms with Gasteiger partial charge >= 0.3 is 5.97 Å². The molecule has 5 heteroatoms. The number of likely N-dealkylation sites (tertiary alicyclic amines) is 1. The molecule has 3 atom stereocenters. The summed E-state index contributed by atoms with van der Waals surface area (Å²) in [5.74, 6) is -1.05. The number of rotatable bonds is 4. The third-order valence-electron chi connectivity index (χ3n) is 3.86. The summed E-state index contributed by atoms with van der Waals surface area (Å²) < 4.78 is 0. The molecule has 0 aromatic carbocycles. The van der Waals surface area contributed by atoms with Gasteiger partial charge in [0, 0.05) is 6.54 Å². The van der Waals surface area contributed by atoms with E-state index in [1.54, 1.807) is 0 Å². The Kier molecular flexibility index (Phi) is 5.59. The normalized spacial score (nSPS) is 24.2. The summed E-state index contributed by atoms with van der Waals surface area (Å²) in [6, 6.07) is -1.29. The molecule has 18 heavy (non-hydrogen) atoms. The lowest BCUT2D eigenvalue weighted by Gasteiger charge is -2.31. The molecule has 0 bridgehead atoms. The lowest BCUT2D eigenvalue weighted by molar-refractivity contribution is -0.151. The van der Waals surface area contributed by atoms with Gasteiger partial charge in [-0.1, -0.05) is 33.1 Å². The fraction of sp³-hybridized carbons (Fsp3) is 0.846. The number of carbonyl (C=O) groups is 2. The Labute approximate surface area is 108 Å². The summed E-state index contributed by atoms with van der Waals surface area (Å²) in [5, 5.41) is 9.23. The average molecular weight is 256 g/mol. The molecule has 0 aliphatic carbocycles. The first-order valence-corrected chi connectivity index (χ1v) is 6.77. The van der Waals surface area contributed by atoms with Crippen molar-refractivity contribution < 1.29 is 14.7 Å². The zero-order valence-electron chi connectivity index (χ0n) is 11.3. The van der Waals surface area contributed by atoms with Crippen LogP contribution in [-0.2, 0) is 9.59 Å². The number of amides is 1. The van der Waals surface area contributed by atoms with Crippen LogP contribution in [-0.4, -0.2) is 40.5 Å². The maximum Gasteiger partial charge on any atom is 0.326 e. The predicted octanol–water partition coefficient (Wildman–Crippen LogP) is 1.22. The number of carboxylic acids is 1. The Morgan fingerprint density at radius 1 is 1.39 bits per heavy atom. The molecule has 1 amide bonds. The molecule has 3 N–H and O–H groups in total. The SMILES string of the molecule is CCC(C)[C@H](N)C(=O)N1CCCCCC1C(=O)O. The zero-order chi connectivity index (χ0) is 13.7. The standard InChI is InChI=1S/C13H24N2O3/c1-3-9(2)11(14)12(16)15-8-6-4-5-7-10(15)13(17)18/h9-11H,3-8,14H2,1-2H3,(H,17,18)/t9?,10?,11-/m0/s1. The van der Waals surface area contributed by atoms with Gasteiger partial charge < -0.3 is 15.7 Å². The summed E-state index contributed by atoms with van der Waals surface area (Å²) in [5.41, 5.74) is 5.93. The number of carbonyl (C=O) groups excluding carboxylic acids is 1. The maximum absolute atomic E-state index is 12.3. The van der Waals surface area contributed by atoms with Gasteiger partial charge in [0.25, 0.3) is 0 Å². The highest BCUT2D eigenvalue weighted by Gasteiger charge is 2.34. The summed E-state index contributed by atoms with van der Waals surface area (Å²) in [7, 11) is 0. The lowest BCUT2D eigenvalue weighted by Crippen LogP contribution is -2.53. The molecule has 0 radical (unpaired) electrons. The van der Waals surface area contributed by atoms with Crippen LogP contribution in [0.15, 0.2) is 0 Å². The van der Waals surface area contributed by atoms with Crippen molar-refractivity contribution >= 4 is 11.9 Å². The number of hydrogen-bond acceptors (Lipinski definition) is 3. The van der Waals surface area contributed by atoms with Crippen LogP contribution in [0.3, 0.4) is 0 Å². The predicted molar refractivity (Wildman–Crippen MR) is 69.0 cm³/mol. The Morgan fingerprint density at radius 3 is 2.61 bits per heavy atom. The molecule has 2 unspecified atom stereocenters. The van der Waals surface area contributed by atoms with Crippen LogP contribution in [0.1, 0.15) is 46.0 Å². The monoisotopic (exact) mass is 256 g/mol. The minimum absolute atomic E-state index is 0.0789. The molecule has 1 fully saturated rings. The van der Waals surface area contributed by atoms with Crippen molar-refractivity contribution in [3.63, 3.8) is 0 Å². The molecule has 0 aromatic heterocycles. The van der Waals surface area contributed by atoms with Gasteiger partial charge in [-0.15, -0.1) is 0 Å². The highest BCUT2D eigenvalue weighted by atomic mass is 16.4. The third-order valence-corrected chi connectivity index (χ3v) is 3.86. The van der Waals surface area contributed by atoms with Crippen molar-refractivity contribution in [3.05, 3.63) is 0 Å². The van der Waals surface area contributed by atoms with Crippen LogP contribution >= 0.6 is 0 Å². The Hall–Kier alpha value is -1.10. The van der Waals surface area contributed by atoms with E-state index < -0.39 is 18.1 Å². The largest absolute Gasteiger partial charge is 0.480 e. The summed E-state index contributed by atoms with van der Waals surface area (Å²) in [6.45, 7) is 4.42. The zero-order valence-corrected chi connectivity index (χ0v) is 11.3. The van der Waals surface area contributed by atoms with Crippen LogP contribution in [0, 0.1) is 5.92 Å². The van der Waals surface area contributed by atoms with E-state index in [2.05, 4.69) is 0 Å². The van der Waals surface area contributed by atoms with E-state index in [0.29, 0.717) is 13.0 Å². The minimum Gasteiger partial charge on any atom is -0.480 e. The van der Waals surface area contributed by atoms with Gasteiger partial charge in [-0.2, -0.15) is 0 Å². The van der Waals surface area contributed by atoms with Gasteiger partial charge in [-0.3, -0.25) is 4.79 Å². The van der Waals surface area contributed by atoms with E-state index in [1.807, 2.05) is 13.8 Å². The molecule has 0 saturated carbocycles. The molecule has 5 nitrogen and oxygen atoms in total. The van der Waals surface area contributed by atoms with Gasteiger partial charge in [-0.05, 0) is 18.8 Å². The molecule has 0 aromatic rings. The van der Waals surface area contributed by atoms with Crippen molar-refractivity contribution in [1.82, 2.24) is 4.90 Å². The van der Waals surface area contributed by atoms with Crippen LogP contribution in [0.4, 0.5) is 0 Å². The molecular formula is C13H24N2O3. The highest BCUT2D eigenvalue weighted by Crippen LogP contribution is 2.19. The van der Waals surface area contributed by atoms with Gasteiger partial charge in [0.1, 0.15) is 6.04 Å². The van der Waals surface area contributed by atoms with Gasteiger partial charge in [-0.25, -0.2) is 4.79 Å². The van der Waals surface area contributed by atoms with Gasteiger partial charge in [0.15, 0.2) is 0 Å². The molecule has 1 heterocycles. The Morgan fingerprint density at radius 2 is 2.06 bits per heavy atom. The van der Waals surface area contributed by atoms with Crippen molar-refractivity contribution in [3.8, 4) is 0 Å². The summed E-state index contributed by atoms with van der Waals surface area (Å²) in [6.07, 6.45) is 4.06. The van der Waals surface area contributed by atoms with Gasteiger partial charge in [0.2, 0.25) is 5.91 Å². The number of carboxylic acid groups (broad SMARTS) is 1. The van der Waals surface area contributed by atoms with E-state index in [9.17, 15) is 14.7 Å². The van der Waals surface area contributed by atoms with Gasteiger partial charge in [0.05, 0.1) is 6.04 Å². The number of aliphatic carboxylic acids is 1. The minimum atomic E-state index is -0.915. The second-order valence-electron chi connectivity index (χ2n) is 5.15. The molecular weight excluding hydrogens is 232 g/mol. The van der Waals surface area contributed by atoms with Crippen LogP contribution in [0.25, 0.3) is 0 Å². The maximum atomic E-state index is 12.3. The Bertz CT molecular complexity index is 307. The molecule has 1 saturated heterocycles. The second kappa shape index (κ2) is 6.73. The van der Waals surface area contributed by atoms with Crippen molar-refractivity contribution in [1.29, 1.82) is 0 Å².